The zero-order valence-electron chi connectivity index (χ0n) is 16.3. The number of aromatic nitrogens is 2. The van der Waals surface area contributed by atoms with Gasteiger partial charge in [-0.2, -0.15) is 0 Å². The number of rotatable bonds is 6. The second-order valence-electron chi connectivity index (χ2n) is 6.07. The van der Waals surface area contributed by atoms with E-state index in [0.29, 0.717) is 28.8 Å². The molecule has 3 aromatic rings. The minimum absolute atomic E-state index is 0.259. The van der Waals surface area contributed by atoms with E-state index in [-0.39, 0.29) is 11.6 Å². The fourth-order valence-electron chi connectivity index (χ4n) is 2.72. The lowest BCUT2D eigenvalue weighted by Gasteiger charge is -2.19. The van der Waals surface area contributed by atoms with Crippen LogP contribution in [0.5, 0.6) is 11.5 Å². The predicted molar refractivity (Wildman–Crippen MR) is 109 cm³/mol. The molecule has 0 atom stereocenters. The van der Waals surface area contributed by atoms with Gasteiger partial charge in [-0.05, 0) is 31.2 Å². The molecule has 1 amide bonds. The Bertz CT molecular complexity index is 977. The number of methoxy groups -OCH3 is 2. The predicted octanol–water partition coefficient (Wildman–Crippen LogP) is 3.82. The van der Waals surface area contributed by atoms with Gasteiger partial charge in [0.15, 0.2) is 0 Å². The molecular formula is C21H22N4O3. The van der Waals surface area contributed by atoms with Crippen molar-refractivity contribution in [2.75, 3.05) is 31.5 Å². The Kier molecular flexibility index (Phi) is 5.74. The summed E-state index contributed by atoms with van der Waals surface area (Å²) in [7, 11) is 5.00. The number of para-hydroxylation sites is 1. The first-order valence-electron chi connectivity index (χ1n) is 8.69. The molecule has 144 valence electrons. The normalized spacial score (nSPS) is 10.3. The van der Waals surface area contributed by atoms with Crippen LogP contribution in [0.25, 0.3) is 0 Å². The largest absolute Gasteiger partial charge is 0.497 e. The highest BCUT2D eigenvalue weighted by atomic mass is 16.5. The second-order valence-corrected chi connectivity index (χ2v) is 6.07. The Morgan fingerprint density at radius 1 is 1.00 bits per heavy atom. The Morgan fingerprint density at radius 2 is 1.75 bits per heavy atom. The topological polar surface area (TPSA) is 76.6 Å². The molecule has 0 spiro atoms. The van der Waals surface area contributed by atoms with Crippen molar-refractivity contribution >= 4 is 23.1 Å². The summed E-state index contributed by atoms with van der Waals surface area (Å²) in [6.07, 6.45) is 0. The number of benzene rings is 2. The van der Waals surface area contributed by atoms with E-state index >= 15 is 0 Å². The molecule has 3 rings (SSSR count). The summed E-state index contributed by atoms with van der Waals surface area (Å²) in [4.78, 5) is 23.5. The summed E-state index contributed by atoms with van der Waals surface area (Å²) >= 11 is 0. The Morgan fingerprint density at radius 3 is 2.43 bits per heavy atom. The molecule has 1 N–H and O–H groups in total. The lowest BCUT2D eigenvalue weighted by Crippen LogP contribution is -2.18. The molecule has 0 aliphatic heterocycles. The number of carbonyl (C=O) groups excluding carboxylic acids is 1. The molecule has 0 saturated heterocycles. The van der Waals surface area contributed by atoms with Crippen LogP contribution in [-0.4, -0.2) is 37.1 Å². The molecule has 1 heterocycles. The number of ether oxygens (including phenoxy) is 2. The van der Waals surface area contributed by atoms with Crippen LogP contribution in [0.3, 0.4) is 0 Å². The van der Waals surface area contributed by atoms with Crippen LogP contribution in [0, 0.1) is 6.92 Å². The third kappa shape index (κ3) is 4.20. The van der Waals surface area contributed by atoms with E-state index in [2.05, 4.69) is 15.3 Å². The summed E-state index contributed by atoms with van der Waals surface area (Å²) in [5.41, 5.74) is 1.72. The van der Waals surface area contributed by atoms with Crippen molar-refractivity contribution < 1.29 is 14.3 Å². The molecule has 0 aliphatic rings. The van der Waals surface area contributed by atoms with Gasteiger partial charge in [-0.1, -0.05) is 18.2 Å². The van der Waals surface area contributed by atoms with Gasteiger partial charge < -0.3 is 19.7 Å². The molecular weight excluding hydrogens is 356 g/mol. The molecule has 0 fully saturated rings. The Labute approximate surface area is 164 Å². The van der Waals surface area contributed by atoms with Crippen LogP contribution in [0.1, 0.15) is 16.3 Å². The Balaban J connectivity index is 1.90. The summed E-state index contributed by atoms with van der Waals surface area (Å²) < 4.78 is 10.5. The highest BCUT2D eigenvalue weighted by Gasteiger charge is 2.16. The molecule has 0 bridgehead atoms. The van der Waals surface area contributed by atoms with Gasteiger partial charge in [-0.3, -0.25) is 4.79 Å². The van der Waals surface area contributed by atoms with E-state index in [1.807, 2.05) is 42.3 Å². The number of hydrogen-bond acceptors (Lipinski definition) is 6. The molecule has 7 heteroatoms. The average Bonchev–Trinajstić information content (AvgIpc) is 2.73. The van der Waals surface area contributed by atoms with Crippen LogP contribution in [0.4, 0.5) is 17.2 Å². The zero-order chi connectivity index (χ0) is 20.1. The van der Waals surface area contributed by atoms with Crippen LogP contribution in [0.2, 0.25) is 0 Å². The van der Waals surface area contributed by atoms with Gasteiger partial charge in [-0.15, -0.1) is 0 Å². The van der Waals surface area contributed by atoms with Crippen LogP contribution in [-0.2, 0) is 0 Å². The van der Waals surface area contributed by atoms with Crippen LogP contribution in [0.15, 0.2) is 54.6 Å². The minimum Gasteiger partial charge on any atom is -0.497 e. The Hall–Kier alpha value is -3.61. The van der Waals surface area contributed by atoms with Crippen LogP contribution < -0.4 is 19.7 Å². The third-order valence-corrected chi connectivity index (χ3v) is 4.20. The van der Waals surface area contributed by atoms with E-state index < -0.39 is 0 Å². The first kappa shape index (κ1) is 19.2. The number of anilines is 3. The monoisotopic (exact) mass is 378 g/mol. The van der Waals surface area contributed by atoms with E-state index in [9.17, 15) is 4.79 Å². The smallest absolute Gasteiger partial charge is 0.274 e. The SMILES string of the molecule is COc1ccc(OC)c(NC(=O)c2cc(N(C)c3ccccc3)nc(C)n2)c1. The van der Waals surface area contributed by atoms with Gasteiger partial charge in [0.2, 0.25) is 0 Å². The highest BCUT2D eigenvalue weighted by Crippen LogP contribution is 2.29. The molecule has 7 nitrogen and oxygen atoms in total. The van der Waals surface area contributed by atoms with E-state index in [0.717, 1.165) is 5.69 Å². The maximum absolute atomic E-state index is 12.8. The number of nitrogens with one attached hydrogen (secondary N) is 1. The third-order valence-electron chi connectivity index (χ3n) is 4.20. The molecule has 0 radical (unpaired) electrons. The molecule has 28 heavy (non-hydrogen) atoms. The van der Waals surface area contributed by atoms with Crippen molar-refractivity contribution in [1.82, 2.24) is 9.97 Å². The lowest BCUT2D eigenvalue weighted by atomic mass is 10.2. The number of amides is 1. The summed E-state index contributed by atoms with van der Waals surface area (Å²) in [6, 6.07) is 16.6. The molecule has 0 saturated carbocycles. The second kappa shape index (κ2) is 8.39. The van der Waals surface area contributed by atoms with Crippen molar-refractivity contribution in [3.63, 3.8) is 0 Å². The lowest BCUT2D eigenvalue weighted by molar-refractivity contribution is 0.102. The average molecular weight is 378 g/mol. The van der Waals surface area contributed by atoms with E-state index in [1.54, 1.807) is 45.4 Å². The number of nitrogens with zero attached hydrogens (tertiary/aromatic N) is 3. The quantitative estimate of drug-likeness (QED) is 0.703. The van der Waals surface area contributed by atoms with Gasteiger partial charge >= 0.3 is 0 Å². The first-order chi connectivity index (χ1) is 13.5. The van der Waals surface area contributed by atoms with Crippen molar-refractivity contribution in [1.29, 1.82) is 0 Å². The highest BCUT2D eigenvalue weighted by molar-refractivity contribution is 6.04. The van der Waals surface area contributed by atoms with E-state index in [1.165, 1.54) is 0 Å². The van der Waals surface area contributed by atoms with Crippen LogP contribution >= 0.6 is 0 Å². The van der Waals surface area contributed by atoms with Gasteiger partial charge in [0, 0.05) is 24.9 Å². The molecule has 1 aromatic heterocycles. The minimum atomic E-state index is -0.361. The maximum Gasteiger partial charge on any atom is 0.274 e. The summed E-state index contributed by atoms with van der Waals surface area (Å²) in [6.45, 7) is 1.76. The van der Waals surface area contributed by atoms with Gasteiger partial charge in [0.05, 0.1) is 19.9 Å². The number of carbonyl (C=O) groups is 1. The fourth-order valence-corrected chi connectivity index (χ4v) is 2.72. The number of aryl methyl sites for hydroxylation is 1. The molecule has 0 unspecified atom stereocenters. The van der Waals surface area contributed by atoms with Crippen molar-refractivity contribution in [2.45, 2.75) is 6.92 Å². The van der Waals surface area contributed by atoms with Crippen molar-refractivity contribution in [2.24, 2.45) is 0 Å². The van der Waals surface area contributed by atoms with Gasteiger partial charge in [0.25, 0.3) is 5.91 Å². The van der Waals surface area contributed by atoms with Crippen molar-refractivity contribution in [3.05, 3.63) is 66.1 Å². The zero-order valence-corrected chi connectivity index (χ0v) is 16.3. The fraction of sp³-hybridized carbons (Fsp3) is 0.190. The maximum atomic E-state index is 12.8. The molecule has 2 aromatic carbocycles. The number of hydrogen-bond donors (Lipinski definition) is 1. The standard InChI is InChI=1S/C21H22N4O3/c1-14-22-18(13-20(23-14)25(2)15-8-6-5-7-9-15)21(26)24-17-12-16(27-3)10-11-19(17)28-4/h5-13H,1-4H3,(H,24,26). The summed E-state index contributed by atoms with van der Waals surface area (Å²) in [5.74, 6) is 1.91. The summed E-state index contributed by atoms with van der Waals surface area (Å²) in [5, 5.41) is 2.83. The molecule has 0 aliphatic carbocycles. The van der Waals surface area contributed by atoms with Gasteiger partial charge in [0.1, 0.15) is 28.8 Å². The van der Waals surface area contributed by atoms with Gasteiger partial charge in [-0.25, -0.2) is 9.97 Å². The first-order valence-corrected chi connectivity index (χ1v) is 8.69. The van der Waals surface area contributed by atoms with E-state index in [4.69, 9.17) is 9.47 Å². The van der Waals surface area contributed by atoms with Crippen molar-refractivity contribution in [3.8, 4) is 11.5 Å².